The molecule has 0 saturated carbocycles. The number of benzene rings is 1. The average Bonchev–Trinajstić information content (AvgIpc) is 2.65. The van der Waals surface area contributed by atoms with E-state index in [-0.39, 0.29) is 29.8 Å². The number of non-ortho nitro benzene ring substituents is 1. The van der Waals surface area contributed by atoms with Gasteiger partial charge in [0.25, 0.3) is 5.69 Å². The molecule has 0 amide bonds. The van der Waals surface area contributed by atoms with Gasteiger partial charge >= 0.3 is 5.97 Å². The Morgan fingerprint density at radius 3 is 2.73 bits per heavy atom. The lowest BCUT2D eigenvalue weighted by atomic mass is 10.2. The summed E-state index contributed by atoms with van der Waals surface area (Å²) < 4.78 is 10.8. The van der Waals surface area contributed by atoms with Crippen molar-refractivity contribution in [1.29, 1.82) is 5.26 Å². The molecule has 1 aromatic heterocycles. The smallest absolute Gasteiger partial charge is 0.338 e. The molecule has 1 aromatic carbocycles. The van der Waals surface area contributed by atoms with Crippen LogP contribution in [0.15, 0.2) is 42.6 Å². The second-order valence-electron chi connectivity index (χ2n) is 5.48. The van der Waals surface area contributed by atoms with E-state index in [0.717, 1.165) is 0 Å². The van der Waals surface area contributed by atoms with E-state index in [1.807, 2.05) is 13.0 Å². The Morgan fingerprint density at radius 2 is 2.08 bits per heavy atom. The Labute approximate surface area is 150 Å². The van der Waals surface area contributed by atoms with Crippen LogP contribution >= 0.6 is 0 Å². The van der Waals surface area contributed by atoms with Gasteiger partial charge in [-0.2, -0.15) is 5.26 Å². The van der Waals surface area contributed by atoms with Crippen molar-refractivity contribution in [3.8, 4) is 11.9 Å². The predicted molar refractivity (Wildman–Crippen MR) is 91.7 cm³/mol. The molecule has 1 atom stereocenters. The zero-order valence-corrected chi connectivity index (χ0v) is 14.1. The number of nitrogens with zero attached hydrogens (tertiary/aromatic N) is 3. The molecule has 8 heteroatoms. The second kappa shape index (κ2) is 9.13. The second-order valence-corrected chi connectivity index (χ2v) is 5.48. The number of nitriles is 1. The minimum Gasteiger partial charge on any atom is -0.474 e. The Hall–Kier alpha value is -3.47. The fraction of sp³-hybridized carbons (Fsp3) is 0.278. The highest BCUT2D eigenvalue weighted by Crippen LogP contribution is 2.16. The van der Waals surface area contributed by atoms with E-state index < -0.39 is 10.9 Å². The highest BCUT2D eigenvalue weighted by atomic mass is 16.6. The van der Waals surface area contributed by atoms with E-state index in [9.17, 15) is 14.9 Å². The Kier molecular flexibility index (Phi) is 6.62. The van der Waals surface area contributed by atoms with Gasteiger partial charge in [0.1, 0.15) is 11.6 Å². The number of pyridine rings is 1. The van der Waals surface area contributed by atoms with Gasteiger partial charge in [0, 0.05) is 18.3 Å². The molecule has 26 heavy (non-hydrogen) atoms. The van der Waals surface area contributed by atoms with Crippen LogP contribution in [0.2, 0.25) is 0 Å². The lowest BCUT2D eigenvalue weighted by molar-refractivity contribution is -0.384. The molecular formula is C18H17N3O5. The summed E-state index contributed by atoms with van der Waals surface area (Å²) in [5.74, 6) is -0.254. The number of rotatable bonds is 8. The van der Waals surface area contributed by atoms with Gasteiger partial charge in [0.05, 0.1) is 23.2 Å². The summed E-state index contributed by atoms with van der Waals surface area (Å²) in [6, 6.07) is 10.5. The first-order chi connectivity index (χ1) is 12.5. The third kappa shape index (κ3) is 5.27. The van der Waals surface area contributed by atoms with Crippen molar-refractivity contribution in [2.45, 2.75) is 25.9 Å². The lowest BCUT2D eigenvalue weighted by Gasteiger charge is -2.14. The number of carbonyl (C=O) groups is 1. The van der Waals surface area contributed by atoms with Crippen LogP contribution in [0.25, 0.3) is 0 Å². The van der Waals surface area contributed by atoms with Gasteiger partial charge in [-0.1, -0.05) is 0 Å². The summed E-state index contributed by atoms with van der Waals surface area (Å²) in [4.78, 5) is 26.0. The molecule has 0 fully saturated rings. The molecule has 1 heterocycles. The molecule has 134 valence electrons. The molecule has 0 bridgehead atoms. The molecule has 1 unspecified atom stereocenters. The number of ether oxygens (including phenoxy) is 2. The van der Waals surface area contributed by atoms with E-state index >= 15 is 0 Å². The fourth-order valence-electron chi connectivity index (χ4n) is 2.16. The summed E-state index contributed by atoms with van der Waals surface area (Å²) in [5, 5.41) is 19.6. The maximum atomic E-state index is 11.9. The molecule has 2 aromatic rings. The lowest BCUT2D eigenvalue weighted by Crippen LogP contribution is -2.15. The summed E-state index contributed by atoms with van der Waals surface area (Å²) in [7, 11) is 0. The summed E-state index contributed by atoms with van der Waals surface area (Å²) in [5.41, 5.74) is 0.537. The Balaban J connectivity index is 1.75. The molecule has 0 aliphatic carbocycles. The highest BCUT2D eigenvalue weighted by Gasteiger charge is 2.12. The van der Waals surface area contributed by atoms with Gasteiger partial charge in [0.15, 0.2) is 0 Å². The van der Waals surface area contributed by atoms with Crippen molar-refractivity contribution in [2.24, 2.45) is 0 Å². The Bertz CT molecular complexity index is 814. The van der Waals surface area contributed by atoms with Crippen LogP contribution in [0.1, 0.15) is 35.7 Å². The monoisotopic (exact) mass is 355 g/mol. The molecule has 0 radical (unpaired) electrons. The number of nitro groups is 1. The third-order valence-corrected chi connectivity index (χ3v) is 3.51. The van der Waals surface area contributed by atoms with Crippen LogP contribution in [-0.2, 0) is 4.74 Å². The number of aromatic nitrogens is 1. The Morgan fingerprint density at radius 1 is 1.35 bits per heavy atom. The van der Waals surface area contributed by atoms with Crippen molar-refractivity contribution in [1.82, 2.24) is 4.98 Å². The minimum atomic E-state index is -0.537. The number of nitro benzene ring substituents is 1. The molecule has 0 aliphatic rings. The van der Waals surface area contributed by atoms with Crippen molar-refractivity contribution in [3.63, 3.8) is 0 Å². The standard InChI is InChI=1S/C18H17N3O5/c1-13(26-17-15(12-19)5-2-10-20-17)4-3-11-25-18(22)14-6-8-16(9-7-14)21(23)24/h2,5-10,13H,3-4,11H2,1H3. The van der Waals surface area contributed by atoms with Crippen molar-refractivity contribution in [2.75, 3.05) is 6.61 Å². The van der Waals surface area contributed by atoms with E-state index in [1.165, 1.54) is 24.3 Å². The summed E-state index contributed by atoms with van der Waals surface area (Å²) >= 11 is 0. The quantitative estimate of drug-likeness (QED) is 0.309. The first-order valence-electron chi connectivity index (χ1n) is 7.94. The van der Waals surface area contributed by atoms with Gasteiger partial charge in [-0.25, -0.2) is 9.78 Å². The average molecular weight is 355 g/mol. The van der Waals surface area contributed by atoms with E-state index in [4.69, 9.17) is 14.7 Å². The number of hydrogen-bond acceptors (Lipinski definition) is 7. The van der Waals surface area contributed by atoms with Gasteiger partial charge in [0.2, 0.25) is 5.88 Å². The van der Waals surface area contributed by atoms with Gasteiger partial charge in [-0.3, -0.25) is 10.1 Å². The molecule has 0 spiro atoms. The molecule has 0 aliphatic heterocycles. The number of hydrogen-bond donors (Lipinski definition) is 0. The van der Waals surface area contributed by atoms with Crippen LogP contribution in [0.3, 0.4) is 0 Å². The maximum Gasteiger partial charge on any atom is 0.338 e. The first-order valence-corrected chi connectivity index (χ1v) is 7.94. The van der Waals surface area contributed by atoms with Crippen LogP contribution in [-0.4, -0.2) is 28.6 Å². The largest absolute Gasteiger partial charge is 0.474 e. The number of esters is 1. The molecule has 0 saturated heterocycles. The van der Waals surface area contributed by atoms with Gasteiger partial charge in [-0.05, 0) is 44.0 Å². The van der Waals surface area contributed by atoms with E-state index in [2.05, 4.69) is 4.98 Å². The first kappa shape index (κ1) is 18.9. The van der Waals surface area contributed by atoms with Crippen LogP contribution in [0.4, 0.5) is 5.69 Å². The summed E-state index contributed by atoms with van der Waals surface area (Å²) in [6.07, 6.45) is 2.52. The van der Waals surface area contributed by atoms with Gasteiger partial charge in [-0.15, -0.1) is 0 Å². The number of carbonyl (C=O) groups excluding carboxylic acids is 1. The fourth-order valence-corrected chi connectivity index (χ4v) is 2.16. The predicted octanol–water partition coefficient (Wildman–Crippen LogP) is 3.27. The van der Waals surface area contributed by atoms with Crippen LogP contribution in [0, 0.1) is 21.4 Å². The maximum absolute atomic E-state index is 11.9. The molecule has 2 rings (SSSR count). The molecule has 0 N–H and O–H groups in total. The SMILES string of the molecule is CC(CCCOC(=O)c1ccc([N+](=O)[O-])cc1)Oc1ncccc1C#N. The normalized spacial score (nSPS) is 11.2. The van der Waals surface area contributed by atoms with Crippen molar-refractivity contribution < 1.29 is 19.2 Å². The molecular weight excluding hydrogens is 338 g/mol. The zero-order chi connectivity index (χ0) is 18.9. The van der Waals surface area contributed by atoms with Crippen LogP contribution in [0.5, 0.6) is 5.88 Å². The van der Waals surface area contributed by atoms with Crippen molar-refractivity contribution >= 4 is 11.7 Å². The van der Waals surface area contributed by atoms with Crippen LogP contribution < -0.4 is 4.74 Å². The topological polar surface area (TPSA) is 115 Å². The minimum absolute atomic E-state index is 0.0845. The van der Waals surface area contributed by atoms with Crippen molar-refractivity contribution in [3.05, 3.63) is 63.8 Å². The van der Waals surface area contributed by atoms with E-state index in [1.54, 1.807) is 18.3 Å². The highest BCUT2D eigenvalue weighted by molar-refractivity contribution is 5.89. The molecule has 8 nitrogen and oxygen atoms in total. The summed E-state index contributed by atoms with van der Waals surface area (Å²) in [6.45, 7) is 2.03. The van der Waals surface area contributed by atoms with E-state index in [0.29, 0.717) is 18.4 Å². The van der Waals surface area contributed by atoms with Gasteiger partial charge < -0.3 is 9.47 Å². The third-order valence-electron chi connectivity index (χ3n) is 3.51. The zero-order valence-electron chi connectivity index (χ0n) is 14.1.